The summed E-state index contributed by atoms with van der Waals surface area (Å²) in [5, 5.41) is 8.10. The molecule has 0 unspecified atom stereocenters. The first-order chi connectivity index (χ1) is 15.5. The Labute approximate surface area is 188 Å². The molecule has 2 aromatic rings. The molecule has 8 heteroatoms. The van der Waals surface area contributed by atoms with E-state index in [4.69, 9.17) is 4.74 Å². The number of anilines is 1. The molecule has 0 bridgehead atoms. The number of amides is 3. The standard InChI is InChI=1S/C24H30N4O4/c1-3-28-14-8-10-18(28)16-26-23(30)24(31)27-20-12-6-5-11-19(20)22(29)25-15-17-9-4-7-13-21(17)32-2/h4-7,9,11-13,18H,3,8,10,14-16H2,1-2H3,(H,25,29)(H,26,30)(H,27,31)/t18-/m1/s1. The number of carbonyl (C=O) groups excluding carboxylic acids is 3. The second kappa shape index (κ2) is 11.3. The first-order valence-electron chi connectivity index (χ1n) is 10.9. The molecular weight excluding hydrogens is 408 g/mol. The highest BCUT2D eigenvalue weighted by Gasteiger charge is 2.25. The van der Waals surface area contributed by atoms with Crippen LogP contribution in [0.2, 0.25) is 0 Å². The molecule has 0 radical (unpaired) electrons. The van der Waals surface area contributed by atoms with Gasteiger partial charge in [0, 0.05) is 24.7 Å². The van der Waals surface area contributed by atoms with E-state index < -0.39 is 11.8 Å². The highest BCUT2D eigenvalue weighted by molar-refractivity contribution is 6.40. The lowest BCUT2D eigenvalue weighted by Gasteiger charge is -2.22. The van der Waals surface area contributed by atoms with Gasteiger partial charge < -0.3 is 20.7 Å². The summed E-state index contributed by atoms with van der Waals surface area (Å²) in [6.45, 7) is 4.72. The number of likely N-dealkylation sites (N-methyl/N-ethyl adjacent to an activating group) is 1. The van der Waals surface area contributed by atoms with Crippen molar-refractivity contribution in [1.82, 2.24) is 15.5 Å². The molecule has 1 aliphatic rings. The summed E-state index contributed by atoms with van der Waals surface area (Å²) in [6.07, 6.45) is 2.10. The number of para-hydroxylation sites is 2. The summed E-state index contributed by atoms with van der Waals surface area (Å²) >= 11 is 0. The van der Waals surface area contributed by atoms with Crippen LogP contribution in [-0.2, 0) is 16.1 Å². The molecule has 32 heavy (non-hydrogen) atoms. The van der Waals surface area contributed by atoms with Crippen LogP contribution in [0.25, 0.3) is 0 Å². The number of likely N-dealkylation sites (tertiary alicyclic amines) is 1. The largest absolute Gasteiger partial charge is 0.496 e. The Balaban J connectivity index is 1.58. The molecule has 1 saturated heterocycles. The van der Waals surface area contributed by atoms with Crippen LogP contribution in [0.15, 0.2) is 48.5 Å². The molecule has 2 aromatic carbocycles. The van der Waals surface area contributed by atoms with E-state index in [1.165, 1.54) is 0 Å². The van der Waals surface area contributed by atoms with E-state index in [1.807, 2.05) is 24.3 Å². The molecule has 0 aliphatic carbocycles. The minimum Gasteiger partial charge on any atom is -0.496 e. The highest BCUT2D eigenvalue weighted by atomic mass is 16.5. The molecule has 3 amide bonds. The Kier molecular flexibility index (Phi) is 8.21. The number of nitrogens with one attached hydrogen (secondary N) is 3. The van der Waals surface area contributed by atoms with Crippen LogP contribution >= 0.6 is 0 Å². The van der Waals surface area contributed by atoms with Gasteiger partial charge in [-0.2, -0.15) is 0 Å². The zero-order valence-corrected chi connectivity index (χ0v) is 18.5. The average molecular weight is 439 g/mol. The van der Waals surface area contributed by atoms with Crippen molar-refractivity contribution in [2.24, 2.45) is 0 Å². The third-order valence-corrected chi connectivity index (χ3v) is 5.66. The van der Waals surface area contributed by atoms with Gasteiger partial charge in [0.1, 0.15) is 5.75 Å². The van der Waals surface area contributed by atoms with Gasteiger partial charge in [-0.05, 0) is 44.1 Å². The van der Waals surface area contributed by atoms with Gasteiger partial charge in [-0.1, -0.05) is 37.3 Å². The lowest BCUT2D eigenvalue weighted by atomic mass is 10.1. The normalized spacial score (nSPS) is 15.8. The van der Waals surface area contributed by atoms with E-state index in [-0.39, 0.29) is 29.7 Å². The second-order valence-corrected chi connectivity index (χ2v) is 7.63. The lowest BCUT2D eigenvalue weighted by Crippen LogP contribution is -2.43. The predicted octanol–water partition coefficient (Wildman–Crippen LogP) is 2.16. The molecule has 0 spiro atoms. The van der Waals surface area contributed by atoms with E-state index in [1.54, 1.807) is 31.4 Å². The third-order valence-electron chi connectivity index (χ3n) is 5.66. The quantitative estimate of drug-likeness (QED) is 0.549. The maximum Gasteiger partial charge on any atom is 0.313 e. The maximum atomic E-state index is 12.7. The topological polar surface area (TPSA) is 99.8 Å². The minimum atomic E-state index is -0.795. The fraction of sp³-hybridized carbons (Fsp3) is 0.375. The SMILES string of the molecule is CCN1CCC[C@@H]1CNC(=O)C(=O)Nc1ccccc1C(=O)NCc1ccccc1OC. The van der Waals surface area contributed by atoms with Gasteiger partial charge in [-0.3, -0.25) is 19.3 Å². The zero-order chi connectivity index (χ0) is 22.9. The summed E-state index contributed by atoms with van der Waals surface area (Å²) in [4.78, 5) is 39.8. The Bertz CT molecular complexity index is 963. The summed E-state index contributed by atoms with van der Waals surface area (Å²) in [6, 6.07) is 14.2. The molecule has 170 valence electrons. The van der Waals surface area contributed by atoms with Crippen molar-refractivity contribution >= 4 is 23.4 Å². The molecule has 8 nitrogen and oxygen atoms in total. The first kappa shape index (κ1) is 23.3. The predicted molar refractivity (Wildman–Crippen MR) is 123 cm³/mol. The van der Waals surface area contributed by atoms with Crippen molar-refractivity contribution in [1.29, 1.82) is 0 Å². The summed E-state index contributed by atoms with van der Waals surface area (Å²) in [5.74, 6) is -1.19. The molecule has 0 aromatic heterocycles. The Morgan fingerprint density at radius 3 is 2.56 bits per heavy atom. The van der Waals surface area contributed by atoms with E-state index in [2.05, 4.69) is 27.8 Å². The van der Waals surface area contributed by atoms with Crippen molar-refractivity contribution in [3.8, 4) is 5.75 Å². The second-order valence-electron chi connectivity index (χ2n) is 7.63. The molecule has 1 fully saturated rings. The first-order valence-corrected chi connectivity index (χ1v) is 10.9. The van der Waals surface area contributed by atoms with E-state index in [9.17, 15) is 14.4 Å². The summed E-state index contributed by atoms with van der Waals surface area (Å²) in [7, 11) is 1.57. The van der Waals surface area contributed by atoms with Crippen molar-refractivity contribution in [2.75, 3.05) is 32.1 Å². The van der Waals surface area contributed by atoms with Crippen molar-refractivity contribution in [3.05, 3.63) is 59.7 Å². The number of nitrogens with zero attached hydrogens (tertiary/aromatic N) is 1. The van der Waals surface area contributed by atoms with Gasteiger partial charge in [-0.15, -0.1) is 0 Å². The van der Waals surface area contributed by atoms with E-state index in [0.29, 0.717) is 12.3 Å². The van der Waals surface area contributed by atoms with E-state index >= 15 is 0 Å². The Morgan fingerprint density at radius 1 is 1.03 bits per heavy atom. The molecule has 0 saturated carbocycles. The molecule has 3 N–H and O–H groups in total. The smallest absolute Gasteiger partial charge is 0.313 e. The van der Waals surface area contributed by atoms with Gasteiger partial charge in [0.15, 0.2) is 0 Å². The number of ether oxygens (including phenoxy) is 1. The van der Waals surface area contributed by atoms with Crippen LogP contribution in [0.1, 0.15) is 35.7 Å². The number of hydrogen-bond acceptors (Lipinski definition) is 5. The third kappa shape index (κ3) is 5.85. The van der Waals surface area contributed by atoms with Crippen LogP contribution in [0.3, 0.4) is 0 Å². The van der Waals surface area contributed by atoms with Gasteiger partial charge in [0.25, 0.3) is 5.91 Å². The van der Waals surface area contributed by atoms with Gasteiger partial charge in [0.05, 0.1) is 18.4 Å². The number of methoxy groups -OCH3 is 1. The monoisotopic (exact) mass is 438 g/mol. The zero-order valence-electron chi connectivity index (χ0n) is 18.5. The van der Waals surface area contributed by atoms with Crippen LogP contribution in [0, 0.1) is 0 Å². The summed E-state index contributed by atoms with van der Waals surface area (Å²) in [5.41, 5.74) is 1.38. The van der Waals surface area contributed by atoms with Crippen LogP contribution in [0.5, 0.6) is 5.75 Å². The maximum absolute atomic E-state index is 12.7. The Hall–Kier alpha value is -3.39. The molecule has 1 heterocycles. The average Bonchev–Trinajstić information content (AvgIpc) is 3.29. The fourth-order valence-corrected chi connectivity index (χ4v) is 3.92. The highest BCUT2D eigenvalue weighted by Crippen LogP contribution is 2.19. The van der Waals surface area contributed by atoms with Gasteiger partial charge in [0.2, 0.25) is 0 Å². The van der Waals surface area contributed by atoms with Gasteiger partial charge in [-0.25, -0.2) is 0 Å². The number of hydrogen-bond donors (Lipinski definition) is 3. The molecule has 3 rings (SSSR count). The van der Waals surface area contributed by atoms with Crippen molar-refractivity contribution in [2.45, 2.75) is 32.4 Å². The summed E-state index contributed by atoms with van der Waals surface area (Å²) < 4.78 is 5.30. The molecule has 1 aliphatic heterocycles. The number of rotatable bonds is 8. The van der Waals surface area contributed by atoms with Crippen molar-refractivity contribution < 1.29 is 19.1 Å². The number of carbonyl (C=O) groups is 3. The minimum absolute atomic E-state index is 0.254. The molecule has 1 atom stereocenters. The Morgan fingerprint density at radius 2 is 1.78 bits per heavy atom. The van der Waals surface area contributed by atoms with E-state index in [0.717, 1.165) is 31.5 Å². The fourth-order valence-electron chi connectivity index (χ4n) is 3.92. The van der Waals surface area contributed by atoms with Crippen LogP contribution in [-0.4, -0.2) is 55.4 Å². The van der Waals surface area contributed by atoms with Crippen LogP contribution in [0.4, 0.5) is 5.69 Å². The number of benzene rings is 2. The lowest BCUT2D eigenvalue weighted by molar-refractivity contribution is -0.136. The van der Waals surface area contributed by atoms with Gasteiger partial charge >= 0.3 is 11.8 Å². The van der Waals surface area contributed by atoms with Crippen LogP contribution < -0.4 is 20.7 Å². The molecular formula is C24H30N4O4. The van der Waals surface area contributed by atoms with Crippen molar-refractivity contribution in [3.63, 3.8) is 0 Å².